The number of ether oxygens (including phenoxy) is 1. The number of allylic oxidation sites excluding steroid dienone is 2. The number of nitrogens with zero attached hydrogens (tertiary/aromatic N) is 4. The van der Waals surface area contributed by atoms with Gasteiger partial charge in [0, 0.05) is 38.1 Å². The van der Waals surface area contributed by atoms with Crippen molar-refractivity contribution in [1.82, 2.24) is 19.8 Å². The van der Waals surface area contributed by atoms with Crippen molar-refractivity contribution in [2.45, 2.75) is 58.1 Å². The van der Waals surface area contributed by atoms with E-state index in [4.69, 9.17) is 4.74 Å². The molecule has 3 atom stereocenters. The summed E-state index contributed by atoms with van der Waals surface area (Å²) in [5.41, 5.74) is 3.46. The quantitative estimate of drug-likeness (QED) is 0.637. The fourth-order valence-electron chi connectivity index (χ4n) is 4.78. The summed E-state index contributed by atoms with van der Waals surface area (Å²) in [7, 11) is 1.77. The summed E-state index contributed by atoms with van der Waals surface area (Å²) < 4.78 is 6.35. The van der Waals surface area contributed by atoms with Crippen LogP contribution in [0.25, 0.3) is 5.57 Å². The molecule has 8 heteroatoms. The molecule has 2 aromatic heterocycles. The minimum absolute atomic E-state index is 0.0246. The molecule has 0 saturated carbocycles. The first-order chi connectivity index (χ1) is 17.4. The topological polar surface area (TPSA) is 95.9 Å². The van der Waals surface area contributed by atoms with Gasteiger partial charge in [-0.15, -0.1) is 0 Å². The molecule has 1 aliphatic heterocycles. The smallest absolute Gasteiger partial charge is 0.259 e. The highest BCUT2D eigenvalue weighted by Crippen LogP contribution is 2.32. The Morgan fingerprint density at radius 1 is 1.31 bits per heavy atom. The summed E-state index contributed by atoms with van der Waals surface area (Å²) in [6.07, 6.45) is 11.6. The second-order valence-electron chi connectivity index (χ2n) is 9.98. The fourth-order valence-corrected chi connectivity index (χ4v) is 4.78. The Bertz CT molecular complexity index is 1100. The van der Waals surface area contributed by atoms with Gasteiger partial charge in [0.25, 0.3) is 5.91 Å². The molecule has 192 valence electrons. The van der Waals surface area contributed by atoms with Crippen LogP contribution in [0.15, 0.2) is 42.9 Å². The molecular weight excluding hydrogens is 456 g/mol. The number of fused-ring (bicyclic) bond motifs is 1. The minimum atomic E-state index is -0.371. The SMILES string of the molecule is C[C@@H]1CN([C@H](C)CO)C(=O)c2cc(C3=CCCCC3)cnc2O[C@H]1CN(C)C(=O)Cc1ccncc1. The second kappa shape index (κ2) is 11.6. The Morgan fingerprint density at radius 3 is 2.78 bits per heavy atom. The molecule has 0 aromatic carbocycles. The normalized spacial score (nSPS) is 20.9. The highest BCUT2D eigenvalue weighted by atomic mass is 16.5. The molecule has 8 nitrogen and oxygen atoms in total. The summed E-state index contributed by atoms with van der Waals surface area (Å²) in [6.45, 7) is 4.47. The molecule has 4 rings (SSSR count). The van der Waals surface area contributed by atoms with Gasteiger partial charge in [0.2, 0.25) is 11.8 Å². The van der Waals surface area contributed by atoms with Crippen molar-refractivity contribution in [2.75, 3.05) is 26.7 Å². The van der Waals surface area contributed by atoms with Crippen LogP contribution in [0.2, 0.25) is 0 Å². The highest BCUT2D eigenvalue weighted by molar-refractivity contribution is 5.97. The molecule has 0 spiro atoms. The predicted molar refractivity (Wildman–Crippen MR) is 137 cm³/mol. The van der Waals surface area contributed by atoms with Crippen LogP contribution in [0.5, 0.6) is 5.88 Å². The molecule has 0 saturated heterocycles. The van der Waals surface area contributed by atoms with E-state index in [2.05, 4.69) is 16.0 Å². The average molecular weight is 493 g/mol. The minimum Gasteiger partial charge on any atom is -0.472 e. The van der Waals surface area contributed by atoms with Gasteiger partial charge in [-0.3, -0.25) is 14.6 Å². The van der Waals surface area contributed by atoms with E-state index in [0.29, 0.717) is 18.7 Å². The summed E-state index contributed by atoms with van der Waals surface area (Å²) in [6, 6.07) is 5.19. The van der Waals surface area contributed by atoms with E-state index in [-0.39, 0.29) is 48.8 Å². The molecule has 3 heterocycles. The van der Waals surface area contributed by atoms with Gasteiger partial charge in [-0.25, -0.2) is 4.98 Å². The van der Waals surface area contributed by atoms with Crippen molar-refractivity contribution in [2.24, 2.45) is 5.92 Å². The van der Waals surface area contributed by atoms with Gasteiger partial charge < -0.3 is 19.6 Å². The van der Waals surface area contributed by atoms with E-state index in [9.17, 15) is 14.7 Å². The lowest BCUT2D eigenvalue weighted by molar-refractivity contribution is -0.130. The number of pyridine rings is 2. The van der Waals surface area contributed by atoms with E-state index in [1.807, 2.05) is 32.0 Å². The third-order valence-electron chi connectivity index (χ3n) is 7.17. The molecule has 2 aromatic rings. The molecule has 0 bridgehead atoms. The van der Waals surface area contributed by atoms with E-state index in [0.717, 1.165) is 30.4 Å². The Labute approximate surface area is 213 Å². The third kappa shape index (κ3) is 5.93. The maximum Gasteiger partial charge on any atom is 0.259 e. The number of hydrogen-bond acceptors (Lipinski definition) is 6. The maximum absolute atomic E-state index is 13.6. The Morgan fingerprint density at radius 2 is 2.08 bits per heavy atom. The predicted octanol–water partition coefficient (Wildman–Crippen LogP) is 3.36. The molecule has 0 fully saturated rings. The van der Waals surface area contributed by atoms with Gasteiger partial charge in [0.15, 0.2) is 0 Å². The number of rotatable bonds is 7. The van der Waals surface area contributed by atoms with Gasteiger partial charge in [-0.1, -0.05) is 13.0 Å². The van der Waals surface area contributed by atoms with Crippen LogP contribution >= 0.6 is 0 Å². The maximum atomic E-state index is 13.6. The molecule has 1 aliphatic carbocycles. The summed E-state index contributed by atoms with van der Waals surface area (Å²) in [5.74, 6) is -0.0233. The number of carbonyl (C=O) groups is 2. The zero-order valence-electron chi connectivity index (χ0n) is 21.4. The summed E-state index contributed by atoms with van der Waals surface area (Å²) in [5, 5.41) is 9.88. The first kappa shape index (κ1) is 25.8. The number of carbonyl (C=O) groups excluding carboxylic acids is 2. The monoisotopic (exact) mass is 492 g/mol. The molecule has 0 radical (unpaired) electrons. The average Bonchev–Trinajstić information content (AvgIpc) is 2.91. The number of aliphatic hydroxyl groups excluding tert-OH is 1. The van der Waals surface area contributed by atoms with Crippen molar-refractivity contribution < 1.29 is 19.4 Å². The molecule has 1 N–H and O–H groups in total. The number of hydrogen-bond donors (Lipinski definition) is 1. The lowest BCUT2D eigenvalue weighted by Crippen LogP contribution is -2.50. The molecular formula is C28H36N4O4. The van der Waals surface area contributed by atoms with E-state index < -0.39 is 0 Å². The van der Waals surface area contributed by atoms with Crippen molar-refractivity contribution in [3.05, 3.63) is 59.6 Å². The summed E-state index contributed by atoms with van der Waals surface area (Å²) >= 11 is 0. The van der Waals surface area contributed by atoms with Crippen molar-refractivity contribution in [3.8, 4) is 5.88 Å². The van der Waals surface area contributed by atoms with Crippen LogP contribution in [-0.4, -0.2) is 75.6 Å². The Kier molecular flexibility index (Phi) is 8.36. The zero-order chi connectivity index (χ0) is 25.7. The highest BCUT2D eigenvalue weighted by Gasteiger charge is 2.35. The standard InChI is InChI=1S/C28H36N4O4/c1-19-16-32(20(2)18-33)28(35)24-14-23(22-7-5-4-6-8-22)15-30-27(24)36-25(19)17-31(3)26(34)13-21-9-11-29-12-10-21/h7,9-12,14-15,19-20,25,33H,4-6,8,13,16-18H2,1-3H3/t19-,20-,25+/m1/s1. The zero-order valence-corrected chi connectivity index (χ0v) is 21.4. The van der Waals surface area contributed by atoms with E-state index >= 15 is 0 Å². The van der Waals surface area contributed by atoms with Crippen LogP contribution in [0.4, 0.5) is 0 Å². The van der Waals surface area contributed by atoms with E-state index in [1.165, 1.54) is 12.0 Å². The van der Waals surface area contributed by atoms with Gasteiger partial charge in [-0.2, -0.15) is 0 Å². The first-order valence-electron chi connectivity index (χ1n) is 12.8. The second-order valence-corrected chi connectivity index (χ2v) is 9.98. The lowest BCUT2D eigenvalue weighted by Gasteiger charge is -2.37. The number of aromatic nitrogens is 2. The van der Waals surface area contributed by atoms with Crippen molar-refractivity contribution in [1.29, 1.82) is 0 Å². The lowest BCUT2D eigenvalue weighted by atomic mass is 9.93. The third-order valence-corrected chi connectivity index (χ3v) is 7.17. The largest absolute Gasteiger partial charge is 0.472 e. The molecule has 2 aliphatic rings. The van der Waals surface area contributed by atoms with Crippen LogP contribution in [0.3, 0.4) is 0 Å². The number of aliphatic hydroxyl groups is 1. The van der Waals surface area contributed by atoms with E-state index in [1.54, 1.807) is 35.4 Å². The van der Waals surface area contributed by atoms with Crippen LogP contribution in [0, 0.1) is 5.92 Å². The first-order valence-corrected chi connectivity index (χ1v) is 12.8. The van der Waals surface area contributed by atoms with Gasteiger partial charge in [-0.05, 0) is 67.5 Å². The van der Waals surface area contributed by atoms with Gasteiger partial charge >= 0.3 is 0 Å². The Balaban J connectivity index is 1.61. The van der Waals surface area contributed by atoms with Gasteiger partial charge in [0.05, 0.1) is 25.6 Å². The number of amides is 2. The van der Waals surface area contributed by atoms with Crippen molar-refractivity contribution >= 4 is 17.4 Å². The van der Waals surface area contributed by atoms with Crippen LogP contribution in [0.1, 0.15) is 61.0 Å². The van der Waals surface area contributed by atoms with Crippen LogP contribution in [-0.2, 0) is 11.2 Å². The van der Waals surface area contributed by atoms with Gasteiger partial charge in [0.1, 0.15) is 11.7 Å². The number of likely N-dealkylation sites (N-methyl/N-ethyl adjacent to an activating group) is 1. The molecule has 0 unspecified atom stereocenters. The Hall–Kier alpha value is -3.26. The summed E-state index contributed by atoms with van der Waals surface area (Å²) in [4.78, 5) is 38.5. The molecule has 36 heavy (non-hydrogen) atoms. The fraction of sp³-hybridized carbons (Fsp3) is 0.500. The van der Waals surface area contributed by atoms with Crippen molar-refractivity contribution in [3.63, 3.8) is 0 Å². The van der Waals surface area contributed by atoms with Crippen LogP contribution < -0.4 is 4.74 Å². The molecule has 2 amide bonds.